The number of hydrogen-bond donors (Lipinski definition) is 1. The highest BCUT2D eigenvalue weighted by Crippen LogP contribution is 2.16. The molecule has 3 heteroatoms. The van der Waals surface area contributed by atoms with Crippen molar-refractivity contribution in [1.29, 1.82) is 0 Å². The summed E-state index contributed by atoms with van der Waals surface area (Å²) in [5, 5.41) is 0. The van der Waals surface area contributed by atoms with Crippen molar-refractivity contribution in [2.75, 3.05) is 0 Å². The molecule has 0 aliphatic heterocycles. The van der Waals surface area contributed by atoms with Gasteiger partial charge in [0, 0.05) is 21.7 Å². The van der Waals surface area contributed by atoms with E-state index in [2.05, 4.69) is 34.3 Å². The standard InChI is InChI=1S/C20H38BrNO/c1-4-5-6-7-8-9-10-11-12-13-14-15-16-17-18(2)19(3)20(23)22-21/h4-17H2,1-3H3,(H,22,23). The number of carbonyl (C=O) groups is 1. The highest BCUT2D eigenvalue weighted by molar-refractivity contribution is 9.08. The van der Waals surface area contributed by atoms with Crippen LogP contribution in [0.5, 0.6) is 0 Å². The maximum atomic E-state index is 11.5. The molecule has 0 atom stereocenters. The minimum absolute atomic E-state index is 0.0165. The van der Waals surface area contributed by atoms with Crippen LogP contribution in [0.1, 0.15) is 111 Å². The minimum atomic E-state index is -0.0165. The topological polar surface area (TPSA) is 29.1 Å². The first-order valence-electron chi connectivity index (χ1n) is 9.70. The summed E-state index contributed by atoms with van der Waals surface area (Å²) in [6, 6.07) is 0. The highest BCUT2D eigenvalue weighted by atomic mass is 79.9. The van der Waals surface area contributed by atoms with Crippen molar-refractivity contribution < 1.29 is 4.79 Å². The van der Waals surface area contributed by atoms with Gasteiger partial charge in [0.2, 0.25) is 0 Å². The van der Waals surface area contributed by atoms with Gasteiger partial charge in [0.05, 0.1) is 0 Å². The third-order valence-electron chi connectivity index (χ3n) is 4.72. The van der Waals surface area contributed by atoms with Crippen molar-refractivity contribution in [2.45, 2.75) is 111 Å². The Hall–Kier alpha value is -0.310. The van der Waals surface area contributed by atoms with Crippen LogP contribution in [0, 0.1) is 0 Å². The zero-order chi connectivity index (χ0) is 17.3. The lowest BCUT2D eigenvalue weighted by molar-refractivity contribution is -0.115. The van der Waals surface area contributed by atoms with Crippen molar-refractivity contribution in [3.05, 3.63) is 11.1 Å². The van der Waals surface area contributed by atoms with Gasteiger partial charge in [-0.3, -0.25) is 9.14 Å². The molecule has 0 aromatic heterocycles. The molecule has 0 spiro atoms. The maximum absolute atomic E-state index is 11.5. The normalized spacial score (nSPS) is 12.2. The number of amides is 1. The van der Waals surface area contributed by atoms with Crippen molar-refractivity contribution in [1.82, 2.24) is 4.34 Å². The molecule has 0 rings (SSSR count). The van der Waals surface area contributed by atoms with E-state index in [-0.39, 0.29) is 5.91 Å². The fourth-order valence-electron chi connectivity index (χ4n) is 2.86. The second-order valence-corrected chi connectivity index (χ2v) is 7.22. The van der Waals surface area contributed by atoms with Gasteiger partial charge in [-0.15, -0.1) is 0 Å². The van der Waals surface area contributed by atoms with Gasteiger partial charge < -0.3 is 0 Å². The van der Waals surface area contributed by atoms with Gasteiger partial charge in [-0.05, 0) is 26.7 Å². The molecule has 136 valence electrons. The van der Waals surface area contributed by atoms with Crippen LogP contribution in [-0.2, 0) is 4.79 Å². The smallest absolute Gasteiger partial charge is 0.256 e. The molecular weight excluding hydrogens is 350 g/mol. The molecule has 0 aliphatic carbocycles. The van der Waals surface area contributed by atoms with Crippen LogP contribution in [0.15, 0.2) is 11.1 Å². The van der Waals surface area contributed by atoms with E-state index in [1.807, 2.05) is 6.92 Å². The molecule has 2 nitrogen and oxygen atoms in total. The summed E-state index contributed by atoms with van der Waals surface area (Å²) in [7, 11) is 0. The van der Waals surface area contributed by atoms with Gasteiger partial charge in [0.1, 0.15) is 0 Å². The molecule has 0 heterocycles. The van der Waals surface area contributed by atoms with E-state index in [9.17, 15) is 4.79 Å². The number of hydrogen-bond acceptors (Lipinski definition) is 1. The molecule has 0 unspecified atom stereocenters. The summed E-state index contributed by atoms with van der Waals surface area (Å²) in [6.45, 7) is 6.24. The Morgan fingerprint density at radius 3 is 1.52 bits per heavy atom. The van der Waals surface area contributed by atoms with E-state index in [0.717, 1.165) is 12.0 Å². The molecule has 0 fully saturated rings. The maximum Gasteiger partial charge on any atom is 0.256 e. The lowest BCUT2D eigenvalue weighted by atomic mass is 10.0. The summed E-state index contributed by atoms with van der Waals surface area (Å²) in [5.74, 6) is -0.0165. The molecule has 23 heavy (non-hydrogen) atoms. The van der Waals surface area contributed by atoms with E-state index >= 15 is 0 Å². The molecule has 1 amide bonds. The second kappa shape index (κ2) is 16.5. The van der Waals surface area contributed by atoms with Crippen molar-refractivity contribution >= 4 is 22.1 Å². The third-order valence-corrected chi connectivity index (χ3v) is 5.08. The fraction of sp³-hybridized carbons (Fsp3) is 0.850. The molecule has 1 N–H and O–H groups in total. The summed E-state index contributed by atoms with van der Waals surface area (Å²) in [4.78, 5) is 11.5. The Morgan fingerprint density at radius 2 is 1.13 bits per heavy atom. The Bertz CT molecular complexity index is 326. The van der Waals surface area contributed by atoms with Crippen LogP contribution >= 0.6 is 16.1 Å². The molecule has 0 bridgehead atoms. The average Bonchev–Trinajstić information content (AvgIpc) is 2.57. The van der Waals surface area contributed by atoms with Gasteiger partial charge in [0.15, 0.2) is 0 Å². The Labute approximate surface area is 153 Å². The number of rotatable bonds is 15. The lowest BCUT2D eigenvalue weighted by Crippen LogP contribution is -2.13. The van der Waals surface area contributed by atoms with Gasteiger partial charge in [0.25, 0.3) is 5.91 Å². The van der Waals surface area contributed by atoms with Gasteiger partial charge >= 0.3 is 0 Å². The van der Waals surface area contributed by atoms with Crippen LogP contribution in [0.4, 0.5) is 0 Å². The van der Waals surface area contributed by atoms with Gasteiger partial charge in [-0.2, -0.15) is 0 Å². The number of halogens is 1. The molecule has 0 aromatic carbocycles. The first-order chi connectivity index (χ1) is 11.1. The quantitative estimate of drug-likeness (QED) is 0.179. The lowest BCUT2D eigenvalue weighted by Gasteiger charge is -2.06. The van der Waals surface area contributed by atoms with Crippen LogP contribution in [-0.4, -0.2) is 5.91 Å². The first kappa shape index (κ1) is 22.7. The van der Waals surface area contributed by atoms with E-state index in [1.54, 1.807) is 0 Å². The van der Waals surface area contributed by atoms with E-state index in [0.29, 0.717) is 0 Å². The second-order valence-electron chi connectivity index (χ2n) is 6.82. The summed E-state index contributed by atoms with van der Waals surface area (Å²) in [5.41, 5.74) is 2.06. The SMILES string of the molecule is CCCCCCCCCCCCCCCC(C)=C(C)C(=O)NBr. The monoisotopic (exact) mass is 387 g/mol. The van der Waals surface area contributed by atoms with Crippen LogP contribution in [0.2, 0.25) is 0 Å². The van der Waals surface area contributed by atoms with E-state index in [4.69, 9.17) is 0 Å². The average molecular weight is 388 g/mol. The number of nitrogens with one attached hydrogen (secondary N) is 1. The number of carbonyl (C=O) groups excluding carboxylic acids is 1. The summed E-state index contributed by atoms with van der Waals surface area (Å²) in [6.07, 6.45) is 19.0. The van der Waals surface area contributed by atoms with Crippen LogP contribution < -0.4 is 4.34 Å². The molecule has 0 saturated carbocycles. The predicted octanol–water partition coefficient (Wildman–Crippen LogP) is 7.23. The molecule has 0 radical (unpaired) electrons. The van der Waals surface area contributed by atoms with Gasteiger partial charge in [-0.25, -0.2) is 0 Å². The number of unbranched alkanes of at least 4 members (excludes halogenated alkanes) is 12. The van der Waals surface area contributed by atoms with Crippen LogP contribution in [0.25, 0.3) is 0 Å². The highest BCUT2D eigenvalue weighted by Gasteiger charge is 2.05. The Kier molecular flexibility index (Phi) is 16.3. The van der Waals surface area contributed by atoms with Gasteiger partial charge in [-0.1, -0.05) is 89.5 Å². The molecule has 0 aromatic rings. The summed E-state index contributed by atoms with van der Waals surface area (Å²) >= 11 is 2.99. The van der Waals surface area contributed by atoms with Crippen molar-refractivity contribution in [2.24, 2.45) is 0 Å². The Balaban J connectivity index is 3.35. The largest absolute Gasteiger partial charge is 0.289 e. The molecule has 0 aliphatic rings. The van der Waals surface area contributed by atoms with Crippen molar-refractivity contribution in [3.8, 4) is 0 Å². The molecule has 0 saturated heterocycles. The predicted molar refractivity (Wildman–Crippen MR) is 106 cm³/mol. The first-order valence-corrected chi connectivity index (χ1v) is 10.5. The van der Waals surface area contributed by atoms with E-state index in [1.165, 1.54) is 89.0 Å². The Morgan fingerprint density at radius 1 is 0.739 bits per heavy atom. The number of allylic oxidation sites excluding steroid dienone is 1. The zero-order valence-corrected chi connectivity index (χ0v) is 17.3. The fourth-order valence-corrected chi connectivity index (χ4v) is 3.16. The van der Waals surface area contributed by atoms with Crippen molar-refractivity contribution in [3.63, 3.8) is 0 Å². The molecular formula is C20H38BrNO. The van der Waals surface area contributed by atoms with Crippen LogP contribution in [0.3, 0.4) is 0 Å². The third kappa shape index (κ3) is 13.8. The van der Waals surface area contributed by atoms with E-state index < -0.39 is 0 Å². The summed E-state index contributed by atoms with van der Waals surface area (Å²) < 4.78 is 2.51. The minimum Gasteiger partial charge on any atom is -0.289 e. The zero-order valence-electron chi connectivity index (χ0n) is 15.7.